The zero-order chi connectivity index (χ0) is 15.8. The van der Waals surface area contributed by atoms with E-state index in [1.54, 1.807) is 36.4 Å². The predicted octanol–water partition coefficient (Wildman–Crippen LogP) is 4.17. The lowest BCUT2D eigenvalue weighted by Crippen LogP contribution is -2.23. The van der Waals surface area contributed by atoms with Gasteiger partial charge in [-0.2, -0.15) is 0 Å². The van der Waals surface area contributed by atoms with E-state index in [-0.39, 0.29) is 0 Å². The molecule has 22 heavy (non-hydrogen) atoms. The van der Waals surface area contributed by atoms with Crippen molar-refractivity contribution in [3.63, 3.8) is 0 Å². The number of carbonyl (C=O) groups is 1. The van der Waals surface area contributed by atoms with Crippen molar-refractivity contribution in [1.29, 1.82) is 0 Å². The highest BCUT2D eigenvalue weighted by Gasteiger charge is 2.00. The van der Waals surface area contributed by atoms with Crippen molar-refractivity contribution in [3.05, 3.63) is 53.6 Å². The molecular formula is C16H16ClNO4. The summed E-state index contributed by atoms with van der Waals surface area (Å²) in [5.74, 6) is 2.05. The molecule has 0 aliphatic heterocycles. The van der Waals surface area contributed by atoms with Crippen LogP contribution in [0.2, 0.25) is 5.02 Å². The van der Waals surface area contributed by atoms with Gasteiger partial charge in [-0.25, -0.2) is 4.79 Å². The van der Waals surface area contributed by atoms with Gasteiger partial charge >= 0.3 is 6.09 Å². The summed E-state index contributed by atoms with van der Waals surface area (Å²) in [4.78, 5) is 10.3. The van der Waals surface area contributed by atoms with Crippen LogP contribution in [0.15, 0.2) is 48.5 Å². The first-order chi connectivity index (χ1) is 10.6. The molecule has 2 N–H and O–H groups in total. The number of ether oxygens (including phenoxy) is 2. The Balaban J connectivity index is 1.79. The van der Waals surface area contributed by atoms with Gasteiger partial charge in [0.15, 0.2) is 0 Å². The van der Waals surface area contributed by atoms with Crippen molar-refractivity contribution < 1.29 is 19.4 Å². The van der Waals surface area contributed by atoms with Crippen molar-refractivity contribution in [2.24, 2.45) is 0 Å². The van der Waals surface area contributed by atoms with Crippen LogP contribution < -0.4 is 14.8 Å². The van der Waals surface area contributed by atoms with Gasteiger partial charge in [-0.15, -0.1) is 0 Å². The summed E-state index contributed by atoms with van der Waals surface area (Å²) >= 11 is 5.90. The summed E-state index contributed by atoms with van der Waals surface area (Å²) in [5.41, 5.74) is 0. The van der Waals surface area contributed by atoms with E-state index in [0.717, 1.165) is 0 Å². The first-order valence-corrected chi connectivity index (χ1v) is 7.14. The summed E-state index contributed by atoms with van der Waals surface area (Å²) < 4.78 is 11.2. The highest BCUT2D eigenvalue weighted by molar-refractivity contribution is 6.30. The minimum atomic E-state index is -1.03. The second-order valence-corrected chi connectivity index (χ2v) is 4.90. The summed E-state index contributed by atoms with van der Waals surface area (Å²) in [6.45, 7) is 0.806. The van der Waals surface area contributed by atoms with E-state index in [9.17, 15) is 4.79 Å². The summed E-state index contributed by atoms with van der Waals surface area (Å²) in [5, 5.41) is 11.3. The molecule has 0 atom stereocenters. The van der Waals surface area contributed by atoms with Gasteiger partial charge in [0, 0.05) is 11.6 Å². The van der Waals surface area contributed by atoms with Crippen LogP contribution in [-0.2, 0) is 0 Å². The number of amides is 1. The normalized spacial score (nSPS) is 10.0. The van der Waals surface area contributed by atoms with E-state index in [1.165, 1.54) is 0 Å². The highest BCUT2D eigenvalue weighted by Crippen LogP contribution is 2.25. The standard InChI is InChI=1S/C16H16ClNO4/c17-12-3-1-4-15(11-12)22-14-7-5-13(6-8-14)21-10-2-9-18-16(19)20/h1,3-8,11,18H,2,9-10H2,(H,19,20). The molecule has 2 aromatic carbocycles. The molecule has 0 heterocycles. The molecule has 5 nitrogen and oxygen atoms in total. The topological polar surface area (TPSA) is 67.8 Å². The van der Waals surface area contributed by atoms with Crippen LogP contribution in [0.25, 0.3) is 0 Å². The quantitative estimate of drug-likeness (QED) is 0.751. The van der Waals surface area contributed by atoms with E-state index in [2.05, 4.69) is 5.32 Å². The lowest BCUT2D eigenvalue weighted by Gasteiger charge is -2.08. The van der Waals surface area contributed by atoms with Crippen LogP contribution in [-0.4, -0.2) is 24.4 Å². The largest absolute Gasteiger partial charge is 0.494 e. The van der Waals surface area contributed by atoms with Crippen LogP contribution in [0.5, 0.6) is 17.2 Å². The Labute approximate surface area is 133 Å². The van der Waals surface area contributed by atoms with E-state index in [1.807, 2.05) is 12.1 Å². The van der Waals surface area contributed by atoms with E-state index >= 15 is 0 Å². The average molecular weight is 322 g/mol. The highest BCUT2D eigenvalue weighted by atomic mass is 35.5. The number of carboxylic acid groups (broad SMARTS) is 1. The number of hydrogen-bond acceptors (Lipinski definition) is 3. The summed E-state index contributed by atoms with van der Waals surface area (Å²) in [6, 6.07) is 14.4. The van der Waals surface area contributed by atoms with Gasteiger partial charge < -0.3 is 19.9 Å². The van der Waals surface area contributed by atoms with Gasteiger partial charge in [0.05, 0.1) is 6.61 Å². The summed E-state index contributed by atoms with van der Waals surface area (Å²) in [6.07, 6.45) is -0.421. The molecule has 0 radical (unpaired) electrons. The number of halogens is 1. The molecule has 0 saturated heterocycles. The smallest absolute Gasteiger partial charge is 0.404 e. The van der Waals surface area contributed by atoms with Gasteiger partial charge in [-0.1, -0.05) is 17.7 Å². The number of hydrogen-bond donors (Lipinski definition) is 2. The molecule has 0 aliphatic rings. The van der Waals surface area contributed by atoms with Gasteiger partial charge in [0.25, 0.3) is 0 Å². The maximum absolute atomic E-state index is 10.3. The SMILES string of the molecule is O=C(O)NCCCOc1ccc(Oc2cccc(Cl)c2)cc1. The molecule has 6 heteroatoms. The minimum Gasteiger partial charge on any atom is -0.494 e. The molecule has 0 aromatic heterocycles. The molecule has 0 aliphatic carbocycles. The predicted molar refractivity (Wildman–Crippen MR) is 84.1 cm³/mol. The Morgan fingerprint density at radius 3 is 2.50 bits per heavy atom. The number of nitrogens with one attached hydrogen (secondary N) is 1. The van der Waals surface area contributed by atoms with E-state index in [0.29, 0.717) is 41.8 Å². The van der Waals surface area contributed by atoms with Crippen LogP contribution >= 0.6 is 11.6 Å². The third-order valence-corrected chi connectivity index (χ3v) is 2.96. The molecule has 2 aromatic rings. The third-order valence-electron chi connectivity index (χ3n) is 2.72. The van der Waals surface area contributed by atoms with E-state index < -0.39 is 6.09 Å². The van der Waals surface area contributed by atoms with Crippen molar-refractivity contribution >= 4 is 17.7 Å². The fourth-order valence-corrected chi connectivity index (χ4v) is 1.91. The van der Waals surface area contributed by atoms with Crippen molar-refractivity contribution in [2.45, 2.75) is 6.42 Å². The fraction of sp³-hybridized carbons (Fsp3) is 0.188. The second-order valence-electron chi connectivity index (χ2n) is 4.46. The van der Waals surface area contributed by atoms with Gasteiger partial charge in [0.2, 0.25) is 0 Å². The monoisotopic (exact) mass is 321 g/mol. The van der Waals surface area contributed by atoms with Crippen molar-refractivity contribution in [3.8, 4) is 17.2 Å². The Hall–Kier alpha value is -2.40. The molecule has 2 rings (SSSR count). The Morgan fingerprint density at radius 1 is 1.09 bits per heavy atom. The van der Waals surface area contributed by atoms with Crippen LogP contribution in [0, 0.1) is 0 Å². The van der Waals surface area contributed by atoms with Crippen LogP contribution in [0.4, 0.5) is 4.79 Å². The number of benzene rings is 2. The van der Waals surface area contributed by atoms with Crippen LogP contribution in [0.3, 0.4) is 0 Å². The molecular weight excluding hydrogens is 306 g/mol. The van der Waals surface area contributed by atoms with Crippen LogP contribution in [0.1, 0.15) is 6.42 Å². The van der Waals surface area contributed by atoms with Crippen molar-refractivity contribution in [2.75, 3.05) is 13.2 Å². The van der Waals surface area contributed by atoms with Gasteiger partial charge in [-0.05, 0) is 48.9 Å². The maximum atomic E-state index is 10.3. The lowest BCUT2D eigenvalue weighted by atomic mass is 10.3. The average Bonchev–Trinajstić information content (AvgIpc) is 2.48. The zero-order valence-corrected chi connectivity index (χ0v) is 12.5. The fourth-order valence-electron chi connectivity index (χ4n) is 1.73. The first-order valence-electron chi connectivity index (χ1n) is 6.76. The minimum absolute atomic E-state index is 0.366. The molecule has 0 fully saturated rings. The second kappa shape index (κ2) is 8.14. The molecule has 0 saturated carbocycles. The number of rotatable bonds is 7. The Kier molecular flexibility index (Phi) is 5.91. The Bertz CT molecular complexity index is 616. The zero-order valence-electron chi connectivity index (χ0n) is 11.8. The third kappa shape index (κ3) is 5.54. The van der Waals surface area contributed by atoms with Gasteiger partial charge in [-0.3, -0.25) is 0 Å². The van der Waals surface area contributed by atoms with Gasteiger partial charge in [0.1, 0.15) is 17.2 Å². The molecule has 116 valence electrons. The molecule has 0 spiro atoms. The van der Waals surface area contributed by atoms with E-state index in [4.69, 9.17) is 26.2 Å². The Morgan fingerprint density at radius 2 is 1.82 bits per heavy atom. The van der Waals surface area contributed by atoms with Crippen molar-refractivity contribution in [1.82, 2.24) is 5.32 Å². The first kappa shape index (κ1) is 16.0. The maximum Gasteiger partial charge on any atom is 0.404 e. The lowest BCUT2D eigenvalue weighted by molar-refractivity contribution is 0.193. The molecule has 0 bridgehead atoms. The molecule has 1 amide bonds. The summed E-state index contributed by atoms with van der Waals surface area (Å²) in [7, 11) is 0. The molecule has 0 unspecified atom stereocenters.